The predicted molar refractivity (Wildman–Crippen MR) is 92.7 cm³/mol. The number of anilines is 3. The van der Waals surface area contributed by atoms with E-state index in [1.165, 1.54) is 12.4 Å². The quantitative estimate of drug-likeness (QED) is 0.752. The minimum Gasteiger partial charge on any atom is -0.497 e. The third-order valence-corrected chi connectivity index (χ3v) is 3.27. The van der Waals surface area contributed by atoms with Crippen LogP contribution in [0.5, 0.6) is 5.75 Å². The van der Waals surface area contributed by atoms with Crippen molar-refractivity contribution in [2.75, 3.05) is 17.7 Å². The van der Waals surface area contributed by atoms with E-state index >= 15 is 0 Å². The van der Waals surface area contributed by atoms with Crippen molar-refractivity contribution in [3.63, 3.8) is 0 Å². The number of aromatic nitrogens is 2. The third kappa shape index (κ3) is 3.86. The molecule has 3 aromatic rings. The Morgan fingerprint density at radius 2 is 1.67 bits per heavy atom. The molecule has 0 aliphatic rings. The summed E-state index contributed by atoms with van der Waals surface area (Å²) in [6.07, 6.45) is 2.96. The SMILES string of the molecule is COc1cccc(Nc2ncc(C(=O)Nc3ccccc3)cn2)c1. The largest absolute Gasteiger partial charge is 0.497 e. The Hall–Kier alpha value is -3.41. The summed E-state index contributed by atoms with van der Waals surface area (Å²) in [4.78, 5) is 20.5. The van der Waals surface area contributed by atoms with Crippen LogP contribution in [0.3, 0.4) is 0 Å². The van der Waals surface area contributed by atoms with Crippen LogP contribution in [0.1, 0.15) is 10.4 Å². The Morgan fingerprint density at radius 1 is 0.958 bits per heavy atom. The minimum absolute atomic E-state index is 0.255. The molecule has 1 amide bonds. The van der Waals surface area contributed by atoms with Crippen LogP contribution in [0.25, 0.3) is 0 Å². The van der Waals surface area contributed by atoms with Crippen molar-refractivity contribution < 1.29 is 9.53 Å². The van der Waals surface area contributed by atoms with Crippen LogP contribution < -0.4 is 15.4 Å². The summed E-state index contributed by atoms with van der Waals surface area (Å²) in [6.45, 7) is 0. The zero-order valence-corrected chi connectivity index (χ0v) is 13.1. The van der Waals surface area contributed by atoms with E-state index in [1.807, 2.05) is 54.6 Å². The molecule has 0 fully saturated rings. The molecule has 0 spiro atoms. The van der Waals surface area contributed by atoms with E-state index in [-0.39, 0.29) is 5.91 Å². The van der Waals surface area contributed by atoms with Gasteiger partial charge in [0.15, 0.2) is 0 Å². The van der Waals surface area contributed by atoms with E-state index in [9.17, 15) is 4.79 Å². The Balaban J connectivity index is 1.67. The maximum atomic E-state index is 12.1. The third-order valence-electron chi connectivity index (χ3n) is 3.27. The normalized spacial score (nSPS) is 10.0. The van der Waals surface area contributed by atoms with Gasteiger partial charge in [-0.15, -0.1) is 0 Å². The minimum atomic E-state index is -0.255. The van der Waals surface area contributed by atoms with Crippen molar-refractivity contribution in [1.29, 1.82) is 0 Å². The van der Waals surface area contributed by atoms with Gasteiger partial charge in [0.05, 0.1) is 12.7 Å². The van der Waals surface area contributed by atoms with Crippen molar-refractivity contribution in [3.8, 4) is 5.75 Å². The highest BCUT2D eigenvalue weighted by Gasteiger charge is 2.08. The average Bonchev–Trinajstić information content (AvgIpc) is 2.63. The number of nitrogens with one attached hydrogen (secondary N) is 2. The van der Waals surface area contributed by atoms with Gasteiger partial charge in [-0.25, -0.2) is 9.97 Å². The first-order chi connectivity index (χ1) is 11.7. The van der Waals surface area contributed by atoms with E-state index in [0.717, 1.165) is 17.1 Å². The molecular formula is C18H16N4O2. The summed E-state index contributed by atoms with van der Waals surface area (Å²) in [5, 5.41) is 5.85. The van der Waals surface area contributed by atoms with Crippen LogP contribution in [0.2, 0.25) is 0 Å². The molecule has 1 aromatic heterocycles. The maximum Gasteiger partial charge on any atom is 0.258 e. The van der Waals surface area contributed by atoms with Crippen molar-refractivity contribution in [1.82, 2.24) is 9.97 Å². The predicted octanol–water partition coefficient (Wildman–Crippen LogP) is 3.48. The van der Waals surface area contributed by atoms with Crippen molar-refractivity contribution in [2.24, 2.45) is 0 Å². The number of carbonyl (C=O) groups excluding carboxylic acids is 1. The highest BCUT2D eigenvalue weighted by Crippen LogP contribution is 2.19. The molecule has 0 aliphatic carbocycles. The lowest BCUT2D eigenvalue weighted by molar-refractivity contribution is 0.102. The molecule has 2 aromatic carbocycles. The van der Waals surface area contributed by atoms with Gasteiger partial charge in [0.1, 0.15) is 5.75 Å². The first kappa shape index (κ1) is 15.5. The number of nitrogens with zero attached hydrogens (tertiary/aromatic N) is 2. The Morgan fingerprint density at radius 3 is 2.38 bits per heavy atom. The molecule has 0 bridgehead atoms. The first-order valence-electron chi connectivity index (χ1n) is 7.34. The van der Waals surface area contributed by atoms with Gasteiger partial charge in [-0.2, -0.15) is 0 Å². The fraction of sp³-hybridized carbons (Fsp3) is 0.0556. The number of carbonyl (C=O) groups is 1. The highest BCUT2D eigenvalue weighted by atomic mass is 16.5. The van der Waals surface area contributed by atoms with Crippen LogP contribution in [0.15, 0.2) is 67.0 Å². The second kappa shape index (κ2) is 7.23. The number of hydrogen-bond donors (Lipinski definition) is 2. The monoisotopic (exact) mass is 320 g/mol. The second-order valence-electron chi connectivity index (χ2n) is 4.97. The second-order valence-corrected chi connectivity index (χ2v) is 4.97. The molecule has 0 unspecified atom stereocenters. The average molecular weight is 320 g/mol. The molecule has 6 nitrogen and oxygen atoms in total. The number of rotatable bonds is 5. The fourth-order valence-corrected chi connectivity index (χ4v) is 2.06. The standard InChI is InChI=1S/C18H16N4O2/c1-24-16-9-5-8-15(10-16)22-18-19-11-13(12-20-18)17(23)21-14-6-3-2-4-7-14/h2-12H,1H3,(H,21,23)(H,19,20,22). The van der Waals surface area contributed by atoms with Gasteiger partial charge in [0.2, 0.25) is 5.95 Å². The molecule has 0 atom stereocenters. The molecular weight excluding hydrogens is 304 g/mol. The number of para-hydroxylation sites is 1. The molecule has 6 heteroatoms. The Labute approximate surface area is 139 Å². The van der Waals surface area contributed by atoms with Gasteiger partial charge in [-0.3, -0.25) is 4.79 Å². The lowest BCUT2D eigenvalue weighted by Crippen LogP contribution is -2.13. The molecule has 0 saturated heterocycles. The summed E-state index contributed by atoms with van der Waals surface area (Å²) >= 11 is 0. The van der Waals surface area contributed by atoms with E-state index < -0.39 is 0 Å². The lowest BCUT2D eigenvalue weighted by Gasteiger charge is -2.07. The van der Waals surface area contributed by atoms with Gasteiger partial charge in [0.25, 0.3) is 5.91 Å². The number of amides is 1. The van der Waals surface area contributed by atoms with Gasteiger partial charge < -0.3 is 15.4 Å². The molecule has 2 N–H and O–H groups in total. The van der Waals surface area contributed by atoms with Crippen LogP contribution in [-0.2, 0) is 0 Å². The zero-order chi connectivity index (χ0) is 16.8. The van der Waals surface area contributed by atoms with Crippen LogP contribution in [-0.4, -0.2) is 23.0 Å². The molecule has 0 aliphatic heterocycles. The highest BCUT2D eigenvalue weighted by molar-refractivity contribution is 6.03. The fourth-order valence-electron chi connectivity index (χ4n) is 2.06. The first-order valence-corrected chi connectivity index (χ1v) is 7.34. The Bertz CT molecular complexity index is 820. The summed E-state index contributed by atoms with van der Waals surface area (Å²) in [5.41, 5.74) is 1.91. The van der Waals surface area contributed by atoms with E-state index in [4.69, 9.17) is 4.74 Å². The molecule has 3 rings (SSSR count). The number of ether oxygens (including phenoxy) is 1. The Kier molecular flexibility index (Phi) is 4.67. The van der Waals surface area contributed by atoms with Crippen LogP contribution in [0, 0.1) is 0 Å². The summed E-state index contributed by atoms with van der Waals surface area (Å²) in [7, 11) is 1.61. The smallest absolute Gasteiger partial charge is 0.258 e. The zero-order valence-electron chi connectivity index (χ0n) is 13.1. The van der Waals surface area contributed by atoms with Crippen molar-refractivity contribution in [3.05, 3.63) is 72.6 Å². The number of benzene rings is 2. The van der Waals surface area contributed by atoms with Crippen molar-refractivity contribution >= 4 is 23.2 Å². The van der Waals surface area contributed by atoms with Crippen molar-refractivity contribution in [2.45, 2.75) is 0 Å². The molecule has 0 radical (unpaired) electrons. The van der Waals surface area contributed by atoms with Gasteiger partial charge in [0, 0.05) is 29.8 Å². The number of methoxy groups -OCH3 is 1. The molecule has 120 valence electrons. The molecule has 0 saturated carbocycles. The number of hydrogen-bond acceptors (Lipinski definition) is 5. The van der Waals surface area contributed by atoms with E-state index in [2.05, 4.69) is 20.6 Å². The van der Waals surface area contributed by atoms with E-state index in [1.54, 1.807) is 7.11 Å². The summed E-state index contributed by atoms with van der Waals surface area (Å²) in [6, 6.07) is 16.7. The van der Waals surface area contributed by atoms with Crippen LogP contribution in [0.4, 0.5) is 17.3 Å². The topological polar surface area (TPSA) is 76.1 Å². The van der Waals surface area contributed by atoms with Gasteiger partial charge >= 0.3 is 0 Å². The molecule has 1 heterocycles. The summed E-state index contributed by atoms with van der Waals surface area (Å²) < 4.78 is 5.17. The molecule has 24 heavy (non-hydrogen) atoms. The maximum absolute atomic E-state index is 12.1. The van der Waals surface area contributed by atoms with E-state index in [0.29, 0.717) is 11.5 Å². The van der Waals surface area contributed by atoms with Crippen LogP contribution >= 0.6 is 0 Å². The van der Waals surface area contributed by atoms with Gasteiger partial charge in [-0.05, 0) is 24.3 Å². The lowest BCUT2D eigenvalue weighted by atomic mass is 10.3. The van der Waals surface area contributed by atoms with Gasteiger partial charge in [-0.1, -0.05) is 24.3 Å². The summed E-state index contributed by atoms with van der Waals surface area (Å²) in [5.74, 6) is 0.882.